The molecule has 154 valence electrons. The summed E-state index contributed by atoms with van der Waals surface area (Å²) in [7, 11) is -0.332. The molecule has 1 aromatic carbocycles. The normalized spacial score (nSPS) is 33.4. The van der Waals surface area contributed by atoms with Crippen molar-refractivity contribution in [2.75, 3.05) is 5.32 Å². The zero-order valence-corrected chi connectivity index (χ0v) is 19.4. The molecule has 2 heterocycles. The zero-order chi connectivity index (χ0) is 20.8. The van der Waals surface area contributed by atoms with Gasteiger partial charge in [0.25, 0.3) is 0 Å². The van der Waals surface area contributed by atoms with Gasteiger partial charge in [-0.1, -0.05) is 52.7 Å². The van der Waals surface area contributed by atoms with Gasteiger partial charge in [-0.25, -0.2) is 0 Å². The molecule has 0 spiro atoms. The van der Waals surface area contributed by atoms with Crippen molar-refractivity contribution in [3.8, 4) is 0 Å². The summed E-state index contributed by atoms with van der Waals surface area (Å²) in [5, 5.41) is 3.97. The van der Waals surface area contributed by atoms with Crippen molar-refractivity contribution in [1.82, 2.24) is 0 Å². The van der Waals surface area contributed by atoms with Crippen LogP contribution in [0.4, 0.5) is 5.69 Å². The van der Waals surface area contributed by atoms with Crippen LogP contribution >= 0.6 is 0 Å². The molecule has 4 rings (SSSR count). The Balaban J connectivity index is 1.90. The van der Waals surface area contributed by atoms with Crippen molar-refractivity contribution in [1.29, 1.82) is 0 Å². The minimum Gasteiger partial charge on any atom is -0.399 e. The molecule has 1 saturated heterocycles. The average molecular weight is 383 g/mol. The molecule has 1 aliphatic carbocycles. The van der Waals surface area contributed by atoms with Gasteiger partial charge in [-0.2, -0.15) is 0 Å². The topological polar surface area (TPSA) is 30.5 Å². The summed E-state index contributed by atoms with van der Waals surface area (Å²) < 4.78 is 13.0. The van der Waals surface area contributed by atoms with E-state index in [4.69, 9.17) is 9.31 Å². The van der Waals surface area contributed by atoms with E-state index in [1.807, 2.05) is 0 Å². The van der Waals surface area contributed by atoms with Crippen molar-refractivity contribution in [2.45, 2.75) is 116 Å². The van der Waals surface area contributed by atoms with Crippen LogP contribution in [0.15, 0.2) is 12.1 Å². The molecule has 2 aliphatic heterocycles. The molecular weight excluding hydrogens is 345 g/mol. The van der Waals surface area contributed by atoms with Crippen LogP contribution < -0.4 is 10.8 Å². The van der Waals surface area contributed by atoms with Gasteiger partial charge in [0, 0.05) is 22.1 Å². The van der Waals surface area contributed by atoms with Crippen LogP contribution in [0.3, 0.4) is 0 Å². The van der Waals surface area contributed by atoms with Gasteiger partial charge in [-0.3, -0.25) is 0 Å². The van der Waals surface area contributed by atoms with Gasteiger partial charge in [0.15, 0.2) is 0 Å². The third-order valence-corrected chi connectivity index (χ3v) is 8.36. The van der Waals surface area contributed by atoms with E-state index in [-0.39, 0.29) is 34.7 Å². The van der Waals surface area contributed by atoms with Crippen LogP contribution in [0.25, 0.3) is 0 Å². The number of fused-ring (bicyclic) bond motifs is 3. The van der Waals surface area contributed by atoms with Gasteiger partial charge in [0.1, 0.15) is 0 Å². The summed E-state index contributed by atoms with van der Waals surface area (Å²) in [6, 6.07) is 4.80. The van der Waals surface area contributed by atoms with Gasteiger partial charge in [-0.15, -0.1) is 0 Å². The van der Waals surface area contributed by atoms with E-state index < -0.39 is 0 Å². The highest BCUT2D eigenvalue weighted by molar-refractivity contribution is 6.64. The minimum absolute atomic E-state index is 0.0808. The van der Waals surface area contributed by atoms with Gasteiger partial charge in [-0.05, 0) is 64.0 Å². The number of hydrogen-bond acceptors (Lipinski definition) is 3. The summed E-state index contributed by atoms with van der Waals surface area (Å²) >= 11 is 0. The molecule has 1 N–H and O–H groups in total. The highest BCUT2D eigenvalue weighted by Gasteiger charge is 2.57. The second kappa shape index (κ2) is 5.79. The van der Waals surface area contributed by atoms with Gasteiger partial charge < -0.3 is 14.6 Å². The van der Waals surface area contributed by atoms with Crippen molar-refractivity contribution >= 4 is 18.3 Å². The fourth-order valence-corrected chi connectivity index (χ4v) is 5.25. The van der Waals surface area contributed by atoms with Crippen LogP contribution in [-0.2, 0) is 20.1 Å². The number of hydrogen-bond donors (Lipinski definition) is 1. The first kappa shape index (κ1) is 20.3. The maximum atomic E-state index is 6.50. The van der Waals surface area contributed by atoms with Crippen LogP contribution in [0, 0.1) is 0 Å². The lowest BCUT2D eigenvalue weighted by molar-refractivity contribution is 0.00578. The van der Waals surface area contributed by atoms with E-state index in [0.717, 1.165) is 0 Å². The predicted octanol–water partition coefficient (Wildman–Crippen LogP) is 5.30. The van der Waals surface area contributed by atoms with Crippen LogP contribution in [0.5, 0.6) is 0 Å². The van der Waals surface area contributed by atoms with E-state index in [1.54, 1.807) is 0 Å². The minimum atomic E-state index is -0.332. The highest BCUT2D eigenvalue weighted by Crippen LogP contribution is 2.55. The first-order chi connectivity index (χ1) is 12.7. The Morgan fingerprint density at radius 3 is 2.04 bits per heavy atom. The Morgan fingerprint density at radius 2 is 1.46 bits per heavy atom. The second-order valence-corrected chi connectivity index (χ2v) is 11.8. The highest BCUT2D eigenvalue weighted by atomic mass is 16.7. The van der Waals surface area contributed by atoms with E-state index >= 15 is 0 Å². The van der Waals surface area contributed by atoms with Crippen molar-refractivity contribution in [2.24, 2.45) is 0 Å². The molecule has 0 radical (unpaired) electrons. The largest absolute Gasteiger partial charge is 0.496 e. The molecule has 28 heavy (non-hydrogen) atoms. The Labute approximate surface area is 172 Å². The summed E-state index contributed by atoms with van der Waals surface area (Å²) in [5.74, 6) is 0. The Bertz CT molecular complexity index is 794. The standard InChI is InChI=1S/C24H38BNO2/c1-20(2,3)16-14-17-19(26-24(9)13-11-10-12-23(17,24)8)18(15-16)25-27-21(4,5)22(6,7)28-25/h14-15,26H,10-13H2,1-9H3. The molecule has 3 nitrogen and oxygen atoms in total. The quantitative estimate of drug-likeness (QED) is 0.668. The SMILES string of the molecule is CC(C)(C)c1cc(B2OC(C)(C)C(C)(C)O2)c2c(c1)C1(C)CCCCC1(C)N2. The summed E-state index contributed by atoms with van der Waals surface area (Å²) in [6.45, 7) is 20.3. The van der Waals surface area contributed by atoms with E-state index in [2.05, 4.69) is 79.8 Å². The molecule has 0 bridgehead atoms. The lowest BCUT2D eigenvalue weighted by atomic mass is 9.61. The zero-order valence-electron chi connectivity index (χ0n) is 19.4. The Kier molecular flexibility index (Phi) is 4.19. The van der Waals surface area contributed by atoms with E-state index in [9.17, 15) is 0 Å². The Morgan fingerprint density at radius 1 is 0.893 bits per heavy atom. The molecular formula is C24H38BNO2. The fraction of sp³-hybridized carbons (Fsp3) is 0.750. The molecule has 1 aromatic rings. The third-order valence-electron chi connectivity index (χ3n) is 8.36. The summed E-state index contributed by atoms with van der Waals surface area (Å²) in [5.41, 5.74) is 4.94. The molecule has 2 unspecified atom stereocenters. The second-order valence-electron chi connectivity index (χ2n) is 11.8. The van der Waals surface area contributed by atoms with E-state index in [1.165, 1.54) is 48.0 Å². The first-order valence-electron chi connectivity index (χ1n) is 11.0. The Hall–Kier alpha value is -0.995. The van der Waals surface area contributed by atoms with Crippen LogP contribution in [0.1, 0.15) is 99.1 Å². The summed E-state index contributed by atoms with van der Waals surface area (Å²) in [4.78, 5) is 0. The van der Waals surface area contributed by atoms with E-state index in [0.29, 0.717) is 0 Å². The fourth-order valence-electron chi connectivity index (χ4n) is 5.25. The third kappa shape index (κ3) is 2.70. The maximum Gasteiger partial charge on any atom is 0.496 e. The van der Waals surface area contributed by atoms with Crippen molar-refractivity contribution in [3.05, 3.63) is 23.3 Å². The van der Waals surface area contributed by atoms with Crippen molar-refractivity contribution in [3.63, 3.8) is 0 Å². The molecule has 0 aromatic heterocycles. The van der Waals surface area contributed by atoms with Crippen LogP contribution in [0.2, 0.25) is 0 Å². The monoisotopic (exact) mass is 383 g/mol. The lowest BCUT2D eigenvalue weighted by Gasteiger charge is -2.45. The summed E-state index contributed by atoms with van der Waals surface area (Å²) in [6.07, 6.45) is 5.05. The van der Waals surface area contributed by atoms with Gasteiger partial charge in [0.05, 0.1) is 11.2 Å². The number of nitrogens with one attached hydrogen (secondary N) is 1. The molecule has 0 amide bonds. The predicted molar refractivity (Wildman–Crippen MR) is 119 cm³/mol. The molecule has 4 heteroatoms. The van der Waals surface area contributed by atoms with Crippen LogP contribution in [-0.4, -0.2) is 23.9 Å². The number of rotatable bonds is 1. The average Bonchev–Trinajstić information content (AvgIpc) is 2.92. The molecule has 3 aliphatic rings. The van der Waals surface area contributed by atoms with Crippen molar-refractivity contribution < 1.29 is 9.31 Å². The number of anilines is 1. The lowest BCUT2D eigenvalue weighted by Crippen LogP contribution is -2.50. The van der Waals surface area contributed by atoms with Gasteiger partial charge >= 0.3 is 7.12 Å². The smallest absolute Gasteiger partial charge is 0.399 e. The number of benzene rings is 1. The molecule has 1 saturated carbocycles. The first-order valence-corrected chi connectivity index (χ1v) is 11.0. The molecule has 2 atom stereocenters. The molecule has 2 fully saturated rings. The van der Waals surface area contributed by atoms with Gasteiger partial charge in [0.2, 0.25) is 0 Å². The maximum absolute atomic E-state index is 6.50.